The third-order valence-electron chi connectivity index (χ3n) is 3.40. The Bertz CT molecular complexity index is 422. The second-order valence-electron chi connectivity index (χ2n) is 5.07. The van der Waals surface area contributed by atoms with Crippen molar-refractivity contribution in [2.24, 2.45) is 0 Å². The first-order valence-electron chi connectivity index (χ1n) is 7.86. The van der Waals surface area contributed by atoms with Gasteiger partial charge >= 0.3 is 0 Å². The summed E-state index contributed by atoms with van der Waals surface area (Å²) in [5.74, 6) is 2.07. The van der Waals surface area contributed by atoms with Crippen LogP contribution in [0.1, 0.15) is 32.5 Å². The largest absolute Gasteiger partial charge is 0.476 e. The second-order valence-corrected chi connectivity index (χ2v) is 5.07. The Labute approximate surface area is 126 Å². The SMILES string of the molecule is CCNc1cc(OCCN2CCCC2)nc(COCC)n1. The minimum atomic E-state index is 0.415. The van der Waals surface area contributed by atoms with Crippen molar-refractivity contribution < 1.29 is 9.47 Å². The highest BCUT2D eigenvalue weighted by Crippen LogP contribution is 2.14. The maximum atomic E-state index is 5.79. The minimum Gasteiger partial charge on any atom is -0.476 e. The summed E-state index contributed by atoms with van der Waals surface area (Å²) in [4.78, 5) is 11.2. The Balaban J connectivity index is 1.90. The lowest BCUT2D eigenvalue weighted by atomic mass is 10.4. The van der Waals surface area contributed by atoms with E-state index < -0.39 is 0 Å². The molecule has 1 aromatic heterocycles. The van der Waals surface area contributed by atoms with E-state index in [1.807, 2.05) is 19.9 Å². The number of likely N-dealkylation sites (tertiary alicyclic amines) is 1. The summed E-state index contributed by atoms with van der Waals surface area (Å²) in [6.07, 6.45) is 2.60. The molecule has 0 unspecified atom stereocenters. The van der Waals surface area contributed by atoms with Crippen LogP contribution in [0.15, 0.2) is 6.07 Å². The maximum Gasteiger partial charge on any atom is 0.218 e. The van der Waals surface area contributed by atoms with Gasteiger partial charge in [0.15, 0.2) is 5.82 Å². The van der Waals surface area contributed by atoms with E-state index in [2.05, 4.69) is 20.2 Å². The van der Waals surface area contributed by atoms with E-state index in [9.17, 15) is 0 Å². The molecule has 118 valence electrons. The van der Waals surface area contributed by atoms with Crippen molar-refractivity contribution in [3.8, 4) is 5.88 Å². The van der Waals surface area contributed by atoms with E-state index in [-0.39, 0.29) is 0 Å². The fourth-order valence-electron chi connectivity index (χ4n) is 2.36. The second kappa shape index (κ2) is 8.79. The molecule has 0 saturated carbocycles. The summed E-state index contributed by atoms with van der Waals surface area (Å²) in [5.41, 5.74) is 0. The van der Waals surface area contributed by atoms with Gasteiger partial charge in [-0.05, 0) is 39.8 Å². The minimum absolute atomic E-state index is 0.415. The van der Waals surface area contributed by atoms with Crippen LogP contribution in [0.25, 0.3) is 0 Å². The molecule has 1 N–H and O–H groups in total. The Morgan fingerprint density at radius 2 is 2.05 bits per heavy atom. The van der Waals surface area contributed by atoms with Gasteiger partial charge in [0.25, 0.3) is 0 Å². The predicted octanol–water partition coefficient (Wildman–Crippen LogP) is 1.92. The first-order chi connectivity index (χ1) is 10.3. The molecule has 0 aliphatic carbocycles. The van der Waals surface area contributed by atoms with Crippen LogP contribution < -0.4 is 10.1 Å². The molecule has 0 amide bonds. The molecule has 0 spiro atoms. The standard InChI is InChI=1S/C15H26N4O2/c1-3-16-13-11-15(18-14(17-13)12-20-4-2)21-10-9-19-7-5-6-8-19/h11H,3-10,12H2,1-2H3,(H,16,17,18). The zero-order valence-corrected chi connectivity index (χ0v) is 13.1. The van der Waals surface area contributed by atoms with Crippen LogP contribution in [0.4, 0.5) is 5.82 Å². The van der Waals surface area contributed by atoms with E-state index in [0.29, 0.717) is 31.5 Å². The third kappa shape index (κ3) is 5.47. The summed E-state index contributed by atoms with van der Waals surface area (Å²) < 4.78 is 11.2. The summed E-state index contributed by atoms with van der Waals surface area (Å²) >= 11 is 0. The van der Waals surface area contributed by atoms with Crippen molar-refractivity contribution in [2.75, 3.05) is 44.7 Å². The van der Waals surface area contributed by atoms with Gasteiger partial charge in [-0.2, -0.15) is 4.98 Å². The number of nitrogens with one attached hydrogen (secondary N) is 1. The number of hydrogen-bond acceptors (Lipinski definition) is 6. The Morgan fingerprint density at radius 3 is 2.76 bits per heavy atom. The first-order valence-corrected chi connectivity index (χ1v) is 7.86. The zero-order valence-electron chi connectivity index (χ0n) is 13.1. The average molecular weight is 294 g/mol. The van der Waals surface area contributed by atoms with E-state index in [4.69, 9.17) is 9.47 Å². The highest BCUT2D eigenvalue weighted by molar-refractivity contribution is 5.38. The smallest absolute Gasteiger partial charge is 0.218 e. The van der Waals surface area contributed by atoms with Gasteiger partial charge in [-0.1, -0.05) is 0 Å². The van der Waals surface area contributed by atoms with Gasteiger partial charge in [-0.15, -0.1) is 0 Å². The van der Waals surface area contributed by atoms with E-state index in [0.717, 1.165) is 18.9 Å². The van der Waals surface area contributed by atoms with Crippen molar-refractivity contribution in [1.82, 2.24) is 14.9 Å². The van der Waals surface area contributed by atoms with E-state index in [1.165, 1.54) is 25.9 Å². The summed E-state index contributed by atoms with van der Waals surface area (Å²) in [6, 6.07) is 1.85. The highest BCUT2D eigenvalue weighted by atomic mass is 16.5. The lowest BCUT2D eigenvalue weighted by Gasteiger charge is -2.15. The monoisotopic (exact) mass is 294 g/mol. The van der Waals surface area contributed by atoms with Crippen LogP contribution in [0, 0.1) is 0 Å². The van der Waals surface area contributed by atoms with Crippen LogP contribution in [-0.2, 0) is 11.3 Å². The summed E-state index contributed by atoms with van der Waals surface area (Å²) in [7, 11) is 0. The molecule has 1 saturated heterocycles. The molecule has 1 aromatic rings. The molecule has 0 atom stereocenters. The molecule has 0 radical (unpaired) electrons. The van der Waals surface area contributed by atoms with Gasteiger partial charge in [-0.25, -0.2) is 4.98 Å². The molecule has 0 bridgehead atoms. The predicted molar refractivity (Wildman–Crippen MR) is 82.7 cm³/mol. The normalized spacial score (nSPS) is 15.3. The molecule has 1 fully saturated rings. The van der Waals surface area contributed by atoms with Crippen LogP contribution in [0.2, 0.25) is 0 Å². The van der Waals surface area contributed by atoms with Crippen molar-refractivity contribution in [3.63, 3.8) is 0 Å². The molecule has 6 nitrogen and oxygen atoms in total. The molecule has 2 heterocycles. The lowest BCUT2D eigenvalue weighted by molar-refractivity contribution is 0.127. The lowest BCUT2D eigenvalue weighted by Crippen LogP contribution is -2.25. The average Bonchev–Trinajstić information content (AvgIpc) is 2.99. The van der Waals surface area contributed by atoms with Crippen LogP contribution in [0.5, 0.6) is 5.88 Å². The fraction of sp³-hybridized carbons (Fsp3) is 0.733. The van der Waals surface area contributed by atoms with Crippen molar-refractivity contribution in [2.45, 2.75) is 33.3 Å². The number of hydrogen-bond donors (Lipinski definition) is 1. The van der Waals surface area contributed by atoms with Gasteiger partial charge in [-0.3, -0.25) is 4.90 Å². The Hall–Kier alpha value is -1.40. The fourth-order valence-corrected chi connectivity index (χ4v) is 2.36. The molecule has 0 aromatic carbocycles. The number of rotatable bonds is 9. The van der Waals surface area contributed by atoms with Crippen LogP contribution in [0.3, 0.4) is 0 Å². The van der Waals surface area contributed by atoms with E-state index in [1.54, 1.807) is 0 Å². The molecule has 1 aliphatic rings. The number of aromatic nitrogens is 2. The molecule has 21 heavy (non-hydrogen) atoms. The van der Waals surface area contributed by atoms with Crippen LogP contribution >= 0.6 is 0 Å². The number of ether oxygens (including phenoxy) is 2. The molecule has 6 heteroatoms. The van der Waals surface area contributed by atoms with Gasteiger partial charge in [0.1, 0.15) is 19.0 Å². The van der Waals surface area contributed by atoms with E-state index >= 15 is 0 Å². The third-order valence-corrected chi connectivity index (χ3v) is 3.40. The molecular weight excluding hydrogens is 268 g/mol. The maximum absolute atomic E-state index is 5.79. The Morgan fingerprint density at radius 1 is 1.24 bits per heavy atom. The number of nitrogens with zero attached hydrogens (tertiary/aromatic N) is 3. The van der Waals surface area contributed by atoms with Crippen LogP contribution in [-0.4, -0.2) is 54.3 Å². The topological polar surface area (TPSA) is 59.5 Å². The summed E-state index contributed by atoms with van der Waals surface area (Å²) in [6.45, 7) is 9.88. The molecule has 1 aliphatic heterocycles. The van der Waals surface area contributed by atoms with Gasteiger partial charge in [0, 0.05) is 25.8 Å². The van der Waals surface area contributed by atoms with Crippen molar-refractivity contribution >= 4 is 5.82 Å². The number of anilines is 1. The molecule has 2 rings (SSSR count). The quantitative estimate of drug-likeness (QED) is 0.751. The highest BCUT2D eigenvalue weighted by Gasteiger charge is 2.11. The molecular formula is C15H26N4O2. The zero-order chi connectivity index (χ0) is 14.9. The Kier molecular flexibility index (Phi) is 6.69. The van der Waals surface area contributed by atoms with Crippen molar-refractivity contribution in [3.05, 3.63) is 11.9 Å². The van der Waals surface area contributed by atoms with Gasteiger partial charge in [0.05, 0.1) is 0 Å². The van der Waals surface area contributed by atoms with Crippen molar-refractivity contribution in [1.29, 1.82) is 0 Å². The first kappa shape index (κ1) is 16.0. The van der Waals surface area contributed by atoms with Gasteiger partial charge < -0.3 is 14.8 Å². The summed E-state index contributed by atoms with van der Waals surface area (Å²) in [5, 5.41) is 3.20. The van der Waals surface area contributed by atoms with Gasteiger partial charge in [0.2, 0.25) is 5.88 Å².